The van der Waals surface area contributed by atoms with Gasteiger partial charge in [-0.3, -0.25) is 10.7 Å². The number of nitrogens with zero attached hydrogens (tertiary/aromatic N) is 2. The van der Waals surface area contributed by atoms with Gasteiger partial charge in [0.05, 0.1) is 12.3 Å². The molecule has 5 nitrogen and oxygen atoms in total. The van der Waals surface area contributed by atoms with E-state index >= 15 is 0 Å². The highest BCUT2D eigenvalue weighted by Gasteiger charge is 2.37. The van der Waals surface area contributed by atoms with Crippen molar-refractivity contribution in [1.29, 1.82) is 0 Å². The number of nitrogens with two attached hydrogens (primary N) is 1. The Morgan fingerprint density at radius 2 is 2.27 bits per heavy atom. The van der Waals surface area contributed by atoms with Gasteiger partial charge in [0.2, 0.25) is 0 Å². The van der Waals surface area contributed by atoms with Crippen molar-refractivity contribution < 1.29 is 4.74 Å². The minimum Gasteiger partial charge on any atom is -0.455 e. The van der Waals surface area contributed by atoms with E-state index in [1.54, 1.807) is 17.5 Å². The second-order valence-electron chi connectivity index (χ2n) is 6.99. The molecule has 1 atom stereocenters. The number of thiazole rings is 1. The van der Waals surface area contributed by atoms with Crippen LogP contribution in [0.2, 0.25) is 0 Å². The van der Waals surface area contributed by atoms with Gasteiger partial charge in [0.15, 0.2) is 0 Å². The van der Waals surface area contributed by atoms with Gasteiger partial charge in [-0.15, -0.1) is 11.3 Å². The summed E-state index contributed by atoms with van der Waals surface area (Å²) >= 11 is 1.61. The molecule has 1 aromatic carbocycles. The van der Waals surface area contributed by atoms with Crippen LogP contribution in [-0.4, -0.2) is 10.7 Å². The first-order valence-corrected chi connectivity index (χ1v) is 9.76. The van der Waals surface area contributed by atoms with Crippen molar-refractivity contribution >= 4 is 17.0 Å². The zero-order valence-corrected chi connectivity index (χ0v) is 15.1. The molecule has 1 aromatic heterocycles. The number of rotatable bonds is 4. The van der Waals surface area contributed by atoms with Gasteiger partial charge in [-0.05, 0) is 36.5 Å². The third kappa shape index (κ3) is 3.06. The lowest BCUT2D eigenvalue weighted by atomic mass is 10.00. The number of fused-ring (bicyclic) bond motifs is 2. The predicted octanol–water partition coefficient (Wildman–Crippen LogP) is 3.52. The summed E-state index contributed by atoms with van der Waals surface area (Å²) in [6.07, 6.45) is 9.08. The van der Waals surface area contributed by atoms with Gasteiger partial charge in [0, 0.05) is 35.3 Å². The van der Waals surface area contributed by atoms with Crippen LogP contribution in [0.25, 0.3) is 0 Å². The molecular weight excluding hydrogens is 344 g/mol. The smallest absolute Gasteiger partial charge is 0.262 e. The zero-order chi connectivity index (χ0) is 17.6. The molecule has 0 spiro atoms. The lowest BCUT2D eigenvalue weighted by molar-refractivity contribution is -0.0405. The molecule has 1 saturated heterocycles. The number of aliphatic imine (C=N–C) groups is 1. The normalized spacial score (nSPS) is 26.0. The van der Waals surface area contributed by atoms with Crippen LogP contribution in [0.1, 0.15) is 41.3 Å². The van der Waals surface area contributed by atoms with Crippen LogP contribution in [0.4, 0.5) is 0 Å². The Bertz CT molecular complexity index is 901. The van der Waals surface area contributed by atoms with Crippen molar-refractivity contribution in [2.75, 3.05) is 0 Å². The number of hydrogen-bond acceptors (Lipinski definition) is 6. The van der Waals surface area contributed by atoms with Gasteiger partial charge in [0.1, 0.15) is 10.8 Å². The Hall–Kier alpha value is -2.44. The summed E-state index contributed by atoms with van der Waals surface area (Å²) in [6, 6.07) is 8.44. The van der Waals surface area contributed by atoms with Crippen molar-refractivity contribution in [3.63, 3.8) is 0 Å². The van der Waals surface area contributed by atoms with Gasteiger partial charge in [-0.2, -0.15) is 0 Å². The summed E-state index contributed by atoms with van der Waals surface area (Å²) in [5, 5.41) is 6.34. The van der Waals surface area contributed by atoms with Crippen LogP contribution >= 0.6 is 11.3 Å². The molecule has 26 heavy (non-hydrogen) atoms. The van der Waals surface area contributed by atoms with Gasteiger partial charge < -0.3 is 10.1 Å². The standard InChI is InChI=1S/C20H20N4OS/c21-20(15-3-1-2-14(8-15)13-4-5-13)24-17-9-16(10-18(11-17)25-20)23-12-19-22-6-7-26-19/h1-3,6-10,13,24H,4-5,11-12,21H2. The molecule has 2 aliphatic carbocycles. The van der Waals surface area contributed by atoms with Crippen molar-refractivity contribution in [1.82, 2.24) is 10.3 Å². The van der Waals surface area contributed by atoms with E-state index in [2.05, 4.69) is 33.5 Å². The molecule has 1 saturated carbocycles. The summed E-state index contributed by atoms with van der Waals surface area (Å²) in [6.45, 7) is 0.581. The Labute approximate surface area is 156 Å². The maximum atomic E-state index is 6.59. The van der Waals surface area contributed by atoms with Crippen LogP contribution in [-0.2, 0) is 17.1 Å². The van der Waals surface area contributed by atoms with E-state index in [-0.39, 0.29) is 0 Å². The highest BCUT2D eigenvalue weighted by Crippen LogP contribution is 2.41. The van der Waals surface area contributed by atoms with Crippen LogP contribution < -0.4 is 11.1 Å². The van der Waals surface area contributed by atoms with Crippen LogP contribution in [0.3, 0.4) is 0 Å². The lowest BCUT2D eigenvalue weighted by Crippen LogP contribution is -2.55. The van der Waals surface area contributed by atoms with Crippen LogP contribution in [0.5, 0.6) is 0 Å². The van der Waals surface area contributed by atoms with Crippen molar-refractivity contribution in [3.05, 3.63) is 75.6 Å². The second kappa shape index (κ2) is 6.07. The Morgan fingerprint density at radius 3 is 3.04 bits per heavy atom. The predicted molar refractivity (Wildman–Crippen MR) is 103 cm³/mol. The summed E-state index contributed by atoms with van der Waals surface area (Å²) < 4.78 is 6.15. The Kier molecular flexibility index (Phi) is 3.69. The monoisotopic (exact) mass is 364 g/mol. The van der Waals surface area contributed by atoms with E-state index in [0.29, 0.717) is 12.5 Å². The van der Waals surface area contributed by atoms with Gasteiger partial charge in [-0.1, -0.05) is 18.2 Å². The molecule has 1 unspecified atom stereocenters. The van der Waals surface area contributed by atoms with Gasteiger partial charge in [-0.25, -0.2) is 4.98 Å². The molecule has 6 heteroatoms. The lowest BCUT2D eigenvalue weighted by Gasteiger charge is -2.40. The minimum absolute atomic E-state index is 0.581. The maximum Gasteiger partial charge on any atom is 0.262 e. The Balaban J connectivity index is 1.39. The number of aromatic nitrogens is 1. The van der Waals surface area contributed by atoms with E-state index in [4.69, 9.17) is 10.5 Å². The summed E-state index contributed by atoms with van der Waals surface area (Å²) in [4.78, 5) is 8.89. The van der Waals surface area contributed by atoms with Crippen molar-refractivity contribution in [2.24, 2.45) is 10.7 Å². The molecule has 5 rings (SSSR count). The molecule has 2 aromatic rings. The summed E-state index contributed by atoms with van der Waals surface area (Å²) in [5.74, 6) is 0.505. The van der Waals surface area contributed by atoms with Gasteiger partial charge in [0.25, 0.3) is 5.85 Å². The number of hydrogen-bond donors (Lipinski definition) is 2. The molecule has 2 fully saturated rings. The first kappa shape index (κ1) is 15.8. The maximum absolute atomic E-state index is 6.59. The summed E-state index contributed by atoms with van der Waals surface area (Å²) in [7, 11) is 0. The van der Waals surface area contributed by atoms with Gasteiger partial charge >= 0.3 is 0 Å². The molecule has 2 bridgehead atoms. The fourth-order valence-corrected chi connectivity index (χ4v) is 3.98. The highest BCUT2D eigenvalue weighted by atomic mass is 32.1. The first-order valence-electron chi connectivity index (χ1n) is 8.88. The van der Waals surface area contributed by atoms with E-state index in [0.717, 1.165) is 34.2 Å². The zero-order valence-electron chi connectivity index (χ0n) is 14.3. The number of ether oxygens (including phenoxy) is 1. The average molecular weight is 364 g/mol. The average Bonchev–Trinajstić information content (AvgIpc) is 3.35. The van der Waals surface area contributed by atoms with E-state index in [1.807, 2.05) is 23.6 Å². The van der Waals surface area contributed by atoms with Crippen LogP contribution in [0, 0.1) is 0 Å². The summed E-state index contributed by atoms with van der Waals surface area (Å²) in [5.41, 5.74) is 10.8. The third-order valence-electron chi connectivity index (χ3n) is 4.88. The highest BCUT2D eigenvalue weighted by molar-refractivity contribution is 7.09. The fourth-order valence-electron chi connectivity index (χ4n) is 3.44. The first-order chi connectivity index (χ1) is 12.7. The van der Waals surface area contributed by atoms with E-state index in [1.165, 1.54) is 18.4 Å². The largest absolute Gasteiger partial charge is 0.455 e. The number of benzene rings is 1. The minimum atomic E-state index is -1.03. The topological polar surface area (TPSA) is 72.5 Å². The van der Waals surface area contributed by atoms with Crippen molar-refractivity contribution in [2.45, 2.75) is 37.6 Å². The molecule has 3 aliphatic rings. The molecule has 0 radical (unpaired) electrons. The molecule has 0 amide bonds. The third-order valence-corrected chi connectivity index (χ3v) is 5.64. The molecule has 132 valence electrons. The van der Waals surface area contributed by atoms with E-state index < -0.39 is 5.85 Å². The molecule has 3 N–H and O–H groups in total. The SMILES string of the molecule is NC1(c2cccc(C3CC3)c2)NC2=CC(=NCc3nccs3)C=C(C2)O1. The second-order valence-corrected chi connectivity index (χ2v) is 7.97. The number of allylic oxidation sites excluding steroid dienone is 2. The molecule has 2 heterocycles. The Morgan fingerprint density at radius 1 is 1.35 bits per heavy atom. The van der Waals surface area contributed by atoms with Crippen molar-refractivity contribution in [3.8, 4) is 0 Å². The van der Waals surface area contributed by atoms with Crippen LogP contribution in [0.15, 0.2) is 64.4 Å². The fraction of sp³-hybridized carbons (Fsp3) is 0.300. The van der Waals surface area contributed by atoms with E-state index in [9.17, 15) is 0 Å². The number of nitrogens with one attached hydrogen (secondary N) is 1. The molecule has 1 aliphatic heterocycles. The molecular formula is C20H20N4OS. The quantitative estimate of drug-likeness (QED) is 0.871.